The average molecular weight is 333 g/mol. The lowest BCUT2D eigenvalue weighted by molar-refractivity contribution is -0.146. The van der Waals surface area contributed by atoms with Gasteiger partial charge in [0.2, 0.25) is 0 Å². The molecular formula is C16H19N3O5. The molecule has 1 aromatic carbocycles. The summed E-state index contributed by atoms with van der Waals surface area (Å²) in [6, 6.07) is 5.61. The van der Waals surface area contributed by atoms with E-state index in [-0.39, 0.29) is 6.54 Å². The molecule has 8 heteroatoms. The fourth-order valence-corrected chi connectivity index (χ4v) is 2.18. The molecule has 0 radical (unpaired) electrons. The van der Waals surface area contributed by atoms with Crippen LogP contribution in [0.3, 0.4) is 0 Å². The molecule has 1 unspecified atom stereocenters. The largest absolute Gasteiger partial charge is 0.481 e. The number of benzene rings is 1. The van der Waals surface area contributed by atoms with E-state index >= 15 is 0 Å². The Morgan fingerprint density at radius 3 is 2.25 bits per heavy atom. The first-order valence-electron chi connectivity index (χ1n) is 7.32. The summed E-state index contributed by atoms with van der Waals surface area (Å²) in [5.41, 5.74) is -1.39. The molecule has 0 bridgehead atoms. The number of carbonyl (C=O) groups is 4. The molecule has 1 saturated heterocycles. The second kappa shape index (κ2) is 5.95. The zero-order chi connectivity index (χ0) is 18.1. The van der Waals surface area contributed by atoms with Crippen LogP contribution in [0, 0.1) is 5.41 Å². The SMILES string of the molecule is CC(C)(CNC(=O)c1ccc(C2(C)NC(=O)NC2=O)cc1)C(=O)O. The van der Waals surface area contributed by atoms with Gasteiger partial charge in [0.15, 0.2) is 0 Å². The predicted octanol–water partition coefficient (Wildman–Crippen LogP) is 0.582. The molecule has 1 aliphatic heterocycles. The van der Waals surface area contributed by atoms with Gasteiger partial charge in [0, 0.05) is 12.1 Å². The highest BCUT2D eigenvalue weighted by Crippen LogP contribution is 2.24. The van der Waals surface area contributed by atoms with Gasteiger partial charge in [-0.3, -0.25) is 19.7 Å². The van der Waals surface area contributed by atoms with Gasteiger partial charge in [-0.1, -0.05) is 12.1 Å². The van der Waals surface area contributed by atoms with E-state index in [9.17, 15) is 19.2 Å². The van der Waals surface area contributed by atoms with E-state index < -0.39 is 34.8 Å². The maximum atomic E-state index is 12.1. The minimum atomic E-state index is -1.18. The second-order valence-corrected chi connectivity index (χ2v) is 6.48. The van der Waals surface area contributed by atoms with Gasteiger partial charge >= 0.3 is 12.0 Å². The van der Waals surface area contributed by atoms with Gasteiger partial charge in [-0.05, 0) is 38.5 Å². The minimum absolute atomic E-state index is 0.0148. The Morgan fingerprint density at radius 2 is 1.79 bits per heavy atom. The number of rotatable bonds is 5. The van der Waals surface area contributed by atoms with Crippen LogP contribution in [-0.2, 0) is 15.1 Å². The molecule has 0 saturated carbocycles. The third-order valence-corrected chi connectivity index (χ3v) is 4.04. The van der Waals surface area contributed by atoms with Gasteiger partial charge in [0.05, 0.1) is 5.41 Å². The highest BCUT2D eigenvalue weighted by atomic mass is 16.4. The molecule has 128 valence electrons. The molecule has 1 aliphatic rings. The van der Waals surface area contributed by atoms with Crippen molar-refractivity contribution in [1.29, 1.82) is 0 Å². The number of nitrogens with one attached hydrogen (secondary N) is 3. The lowest BCUT2D eigenvalue weighted by Gasteiger charge is -2.21. The Hall–Kier alpha value is -2.90. The lowest BCUT2D eigenvalue weighted by atomic mass is 9.91. The molecule has 1 fully saturated rings. The number of carboxylic acid groups (broad SMARTS) is 1. The van der Waals surface area contributed by atoms with Gasteiger partial charge in [-0.25, -0.2) is 4.79 Å². The van der Waals surface area contributed by atoms with E-state index in [1.165, 1.54) is 26.0 Å². The van der Waals surface area contributed by atoms with Crippen molar-refractivity contribution in [3.63, 3.8) is 0 Å². The van der Waals surface area contributed by atoms with Crippen LogP contribution in [0.4, 0.5) is 4.79 Å². The van der Waals surface area contributed by atoms with E-state index in [1.54, 1.807) is 19.1 Å². The molecule has 2 rings (SSSR count). The lowest BCUT2D eigenvalue weighted by Crippen LogP contribution is -2.40. The monoisotopic (exact) mass is 333 g/mol. The molecule has 1 heterocycles. The topological polar surface area (TPSA) is 125 Å². The number of amides is 4. The Morgan fingerprint density at radius 1 is 1.21 bits per heavy atom. The van der Waals surface area contributed by atoms with Crippen molar-refractivity contribution < 1.29 is 24.3 Å². The number of hydrogen-bond donors (Lipinski definition) is 4. The Bertz CT molecular complexity index is 711. The number of urea groups is 1. The Labute approximate surface area is 138 Å². The summed E-state index contributed by atoms with van der Waals surface area (Å²) in [7, 11) is 0. The van der Waals surface area contributed by atoms with Crippen molar-refractivity contribution in [1.82, 2.24) is 16.0 Å². The smallest absolute Gasteiger partial charge is 0.322 e. The summed E-state index contributed by atoms with van der Waals surface area (Å²) in [6.07, 6.45) is 0. The Balaban J connectivity index is 2.10. The molecule has 4 amide bonds. The summed E-state index contributed by atoms with van der Waals surface area (Å²) in [6.45, 7) is 4.58. The molecule has 1 aromatic rings. The number of carbonyl (C=O) groups excluding carboxylic acids is 3. The van der Waals surface area contributed by atoms with Crippen molar-refractivity contribution in [2.75, 3.05) is 6.54 Å². The average Bonchev–Trinajstić information content (AvgIpc) is 2.78. The van der Waals surface area contributed by atoms with Crippen LogP contribution < -0.4 is 16.0 Å². The fraction of sp³-hybridized carbons (Fsp3) is 0.375. The maximum Gasteiger partial charge on any atom is 0.322 e. The van der Waals surface area contributed by atoms with Crippen LogP contribution in [0.2, 0.25) is 0 Å². The number of imide groups is 1. The summed E-state index contributed by atoms with van der Waals surface area (Å²) in [5, 5.41) is 16.3. The number of aliphatic carboxylic acids is 1. The van der Waals surface area contributed by atoms with Crippen molar-refractivity contribution in [3.05, 3.63) is 35.4 Å². The third kappa shape index (κ3) is 3.22. The first kappa shape index (κ1) is 17.5. The van der Waals surface area contributed by atoms with Crippen LogP contribution in [0.25, 0.3) is 0 Å². The third-order valence-electron chi connectivity index (χ3n) is 4.04. The fourth-order valence-electron chi connectivity index (χ4n) is 2.18. The van der Waals surface area contributed by atoms with Crippen LogP contribution in [0.15, 0.2) is 24.3 Å². The van der Waals surface area contributed by atoms with Crippen LogP contribution in [0.5, 0.6) is 0 Å². The quantitative estimate of drug-likeness (QED) is 0.587. The number of carboxylic acids is 1. The standard InChI is InChI=1S/C16H19N3O5/c1-15(2,13(22)23)8-17-11(20)9-4-6-10(7-5-9)16(3)12(21)18-14(24)19-16/h4-7H,8H2,1-3H3,(H,17,20)(H,22,23)(H2,18,19,21,24). The highest BCUT2D eigenvalue weighted by molar-refractivity contribution is 6.07. The predicted molar refractivity (Wildman–Crippen MR) is 84.2 cm³/mol. The van der Waals surface area contributed by atoms with Gasteiger partial charge < -0.3 is 15.7 Å². The molecular weight excluding hydrogens is 314 g/mol. The van der Waals surface area contributed by atoms with Crippen molar-refractivity contribution in [2.24, 2.45) is 5.41 Å². The molecule has 24 heavy (non-hydrogen) atoms. The molecule has 1 atom stereocenters. The van der Waals surface area contributed by atoms with Crippen LogP contribution in [0.1, 0.15) is 36.7 Å². The summed E-state index contributed by atoms with van der Waals surface area (Å²) < 4.78 is 0. The summed E-state index contributed by atoms with van der Waals surface area (Å²) in [5.74, 6) is -1.89. The number of hydrogen-bond acceptors (Lipinski definition) is 4. The zero-order valence-electron chi connectivity index (χ0n) is 13.6. The summed E-state index contributed by atoms with van der Waals surface area (Å²) >= 11 is 0. The van der Waals surface area contributed by atoms with Gasteiger partial charge in [0.25, 0.3) is 11.8 Å². The minimum Gasteiger partial charge on any atom is -0.481 e. The first-order chi connectivity index (χ1) is 11.1. The van der Waals surface area contributed by atoms with E-state index in [2.05, 4.69) is 16.0 Å². The van der Waals surface area contributed by atoms with Crippen molar-refractivity contribution >= 4 is 23.8 Å². The maximum absolute atomic E-state index is 12.1. The van der Waals surface area contributed by atoms with Crippen LogP contribution in [-0.4, -0.2) is 35.5 Å². The molecule has 8 nitrogen and oxygen atoms in total. The molecule has 0 spiro atoms. The normalized spacial score (nSPS) is 20.3. The second-order valence-electron chi connectivity index (χ2n) is 6.48. The van der Waals surface area contributed by atoms with Gasteiger partial charge in [-0.2, -0.15) is 0 Å². The van der Waals surface area contributed by atoms with E-state index in [0.717, 1.165) is 0 Å². The molecule has 4 N–H and O–H groups in total. The van der Waals surface area contributed by atoms with Crippen LogP contribution >= 0.6 is 0 Å². The molecule has 0 aliphatic carbocycles. The van der Waals surface area contributed by atoms with E-state index in [0.29, 0.717) is 11.1 Å². The molecule has 0 aromatic heterocycles. The van der Waals surface area contributed by atoms with Crippen molar-refractivity contribution in [2.45, 2.75) is 26.3 Å². The van der Waals surface area contributed by atoms with E-state index in [1.807, 2.05) is 0 Å². The Kier molecular flexibility index (Phi) is 4.33. The van der Waals surface area contributed by atoms with Gasteiger partial charge in [-0.15, -0.1) is 0 Å². The van der Waals surface area contributed by atoms with E-state index in [4.69, 9.17) is 5.11 Å². The van der Waals surface area contributed by atoms with Crippen molar-refractivity contribution in [3.8, 4) is 0 Å². The highest BCUT2D eigenvalue weighted by Gasteiger charge is 2.43. The first-order valence-corrected chi connectivity index (χ1v) is 7.32. The summed E-state index contributed by atoms with van der Waals surface area (Å²) in [4.78, 5) is 46.3. The zero-order valence-corrected chi connectivity index (χ0v) is 13.6. The van der Waals surface area contributed by atoms with Gasteiger partial charge in [0.1, 0.15) is 5.54 Å².